The number of carbonyl (C=O) groups is 2. The van der Waals surface area contributed by atoms with E-state index in [9.17, 15) is 9.59 Å². The predicted octanol–water partition coefficient (Wildman–Crippen LogP) is 3.57. The summed E-state index contributed by atoms with van der Waals surface area (Å²) >= 11 is 0. The molecule has 0 saturated heterocycles. The molecule has 0 radical (unpaired) electrons. The zero-order valence-corrected chi connectivity index (χ0v) is 15.9. The lowest BCUT2D eigenvalue weighted by atomic mass is 10.1. The van der Waals surface area contributed by atoms with Gasteiger partial charge in [-0.05, 0) is 55.7 Å². The first-order valence-electron chi connectivity index (χ1n) is 8.90. The van der Waals surface area contributed by atoms with Gasteiger partial charge < -0.3 is 10.1 Å². The van der Waals surface area contributed by atoms with Crippen LogP contribution in [0.4, 0.5) is 5.69 Å². The normalized spacial score (nSPS) is 10.6. The van der Waals surface area contributed by atoms with E-state index in [-0.39, 0.29) is 6.42 Å². The summed E-state index contributed by atoms with van der Waals surface area (Å²) in [5.41, 5.74) is 6.01. The van der Waals surface area contributed by atoms with Crippen molar-refractivity contribution in [3.8, 4) is 5.75 Å². The van der Waals surface area contributed by atoms with E-state index < -0.39 is 11.8 Å². The van der Waals surface area contributed by atoms with Crippen molar-refractivity contribution in [3.05, 3.63) is 59.2 Å². The highest BCUT2D eigenvalue weighted by Crippen LogP contribution is 2.16. The van der Waals surface area contributed by atoms with E-state index in [4.69, 9.17) is 4.74 Å². The number of anilines is 1. The van der Waals surface area contributed by atoms with Gasteiger partial charge in [0, 0.05) is 11.3 Å². The number of benzene rings is 2. The maximum atomic E-state index is 12.0. The van der Waals surface area contributed by atoms with E-state index in [0.717, 1.165) is 23.1 Å². The van der Waals surface area contributed by atoms with Crippen LogP contribution in [-0.2, 0) is 9.59 Å². The number of amides is 2. The van der Waals surface area contributed by atoms with Gasteiger partial charge in [-0.15, -0.1) is 0 Å². The fraction of sp³-hybridized carbons (Fsp3) is 0.286. The molecule has 2 N–H and O–H groups in total. The van der Waals surface area contributed by atoms with Crippen molar-refractivity contribution in [1.29, 1.82) is 0 Å². The monoisotopic (exact) mass is 367 g/mol. The van der Waals surface area contributed by atoms with Crippen molar-refractivity contribution in [2.45, 2.75) is 33.6 Å². The molecule has 6 nitrogen and oxygen atoms in total. The highest BCUT2D eigenvalue weighted by Gasteiger charge is 2.09. The maximum absolute atomic E-state index is 12.0. The van der Waals surface area contributed by atoms with E-state index in [1.165, 1.54) is 6.21 Å². The fourth-order valence-corrected chi connectivity index (χ4v) is 2.31. The summed E-state index contributed by atoms with van der Waals surface area (Å²) in [7, 11) is 0. The van der Waals surface area contributed by atoms with E-state index in [0.29, 0.717) is 18.0 Å². The number of hydrogen-bond acceptors (Lipinski definition) is 4. The van der Waals surface area contributed by atoms with Crippen molar-refractivity contribution in [2.24, 2.45) is 5.10 Å². The van der Waals surface area contributed by atoms with Gasteiger partial charge in [-0.3, -0.25) is 9.59 Å². The lowest BCUT2D eigenvalue weighted by molar-refractivity contribution is -0.126. The topological polar surface area (TPSA) is 79.8 Å². The lowest BCUT2D eigenvalue weighted by Gasteiger charge is -2.08. The van der Waals surface area contributed by atoms with Crippen molar-refractivity contribution in [2.75, 3.05) is 11.9 Å². The summed E-state index contributed by atoms with van der Waals surface area (Å²) in [6, 6.07) is 13.0. The Kier molecular flexibility index (Phi) is 7.55. The van der Waals surface area contributed by atoms with Gasteiger partial charge in [-0.2, -0.15) is 5.10 Å². The average Bonchev–Trinajstić information content (AvgIpc) is 2.64. The van der Waals surface area contributed by atoms with Crippen LogP contribution in [-0.4, -0.2) is 24.6 Å². The number of hydrogen-bond donors (Lipinski definition) is 2. The molecule has 2 amide bonds. The van der Waals surface area contributed by atoms with Crippen LogP contribution in [0, 0.1) is 13.8 Å². The second kappa shape index (κ2) is 10.1. The number of para-hydroxylation sites is 1. The summed E-state index contributed by atoms with van der Waals surface area (Å²) < 4.78 is 5.62. The summed E-state index contributed by atoms with van der Waals surface area (Å²) in [6.07, 6.45) is 2.10. The molecule has 0 aromatic heterocycles. The van der Waals surface area contributed by atoms with Crippen LogP contribution >= 0.6 is 0 Å². The molecule has 6 heteroatoms. The predicted molar refractivity (Wildman–Crippen MR) is 107 cm³/mol. The van der Waals surface area contributed by atoms with Crippen molar-refractivity contribution in [1.82, 2.24) is 5.43 Å². The molecule has 0 spiro atoms. The van der Waals surface area contributed by atoms with Crippen LogP contribution in [0.25, 0.3) is 0 Å². The highest BCUT2D eigenvalue weighted by atomic mass is 16.5. The third-order valence-corrected chi connectivity index (χ3v) is 3.89. The van der Waals surface area contributed by atoms with Crippen molar-refractivity contribution in [3.63, 3.8) is 0 Å². The molecule has 2 rings (SSSR count). The van der Waals surface area contributed by atoms with Gasteiger partial charge >= 0.3 is 0 Å². The van der Waals surface area contributed by atoms with Gasteiger partial charge in [0.15, 0.2) is 0 Å². The zero-order valence-electron chi connectivity index (χ0n) is 15.9. The molecule has 27 heavy (non-hydrogen) atoms. The molecule has 142 valence electrons. The van der Waals surface area contributed by atoms with Gasteiger partial charge in [0.2, 0.25) is 11.8 Å². The van der Waals surface area contributed by atoms with Crippen LogP contribution in [0.5, 0.6) is 5.75 Å². The first kappa shape index (κ1) is 20.2. The molecular formula is C21H25N3O3. The van der Waals surface area contributed by atoms with Crippen molar-refractivity contribution < 1.29 is 14.3 Å². The molecule has 0 saturated carbocycles. The Morgan fingerprint density at radius 3 is 2.59 bits per heavy atom. The molecule has 0 aliphatic rings. The van der Waals surface area contributed by atoms with Crippen molar-refractivity contribution >= 4 is 23.7 Å². The first-order valence-corrected chi connectivity index (χ1v) is 8.90. The minimum absolute atomic E-state index is 0.307. The first-order chi connectivity index (χ1) is 13.0. The Morgan fingerprint density at radius 1 is 1.07 bits per heavy atom. The largest absolute Gasteiger partial charge is 0.493 e. The summed E-state index contributed by atoms with van der Waals surface area (Å²) in [6.45, 7) is 6.60. The number of nitrogens with zero attached hydrogens (tertiary/aromatic N) is 1. The van der Waals surface area contributed by atoms with Gasteiger partial charge in [0.1, 0.15) is 12.2 Å². The number of aryl methyl sites for hydroxylation is 2. The van der Waals surface area contributed by atoms with Crippen LogP contribution < -0.4 is 15.5 Å². The number of hydrazone groups is 1. The third kappa shape index (κ3) is 6.58. The standard InChI is InChI=1S/C21H25N3O3/c1-4-11-27-19-8-6-5-7-17(19)14-22-24-21(26)13-20(25)23-18-10-9-15(2)16(3)12-18/h5-10,12,14H,4,11,13H2,1-3H3,(H,23,25)(H,24,26). The van der Waals surface area contributed by atoms with Crippen LogP contribution in [0.15, 0.2) is 47.6 Å². The minimum atomic E-state index is -0.487. The minimum Gasteiger partial charge on any atom is -0.493 e. The molecule has 0 aliphatic heterocycles. The SMILES string of the molecule is CCCOc1ccccc1C=NNC(=O)CC(=O)Nc1ccc(C)c(C)c1. The molecule has 2 aromatic rings. The number of rotatable bonds is 8. The molecular weight excluding hydrogens is 342 g/mol. The molecule has 2 aromatic carbocycles. The summed E-state index contributed by atoms with van der Waals surface area (Å²) in [5.74, 6) is -0.179. The van der Waals surface area contributed by atoms with Crippen LogP contribution in [0.2, 0.25) is 0 Å². The summed E-state index contributed by atoms with van der Waals surface area (Å²) in [4.78, 5) is 23.9. The Morgan fingerprint density at radius 2 is 1.85 bits per heavy atom. The van der Waals surface area contributed by atoms with E-state index in [1.807, 2.05) is 63.2 Å². The Labute approximate surface area is 159 Å². The second-order valence-corrected chi connectivity index (χ2v) is 6.20. The number of nitrogens with one attached hydrogen (secondary N) is 2. The zero-order chi connectivity index (χ0) is 19.6. The van der Waals surface area contributed by atoms with Gasteiger partial charge in [-0.25, -0.2) is 5.43 Å². The average molecular weight is 367 g/mol. The lowest BCUT2D eigenvalue weighted by Crippen LogP contribution is -2.24. The second-order valence-electron chi connectivity index (χ2n) is 6.20. The van der Waals surface area contributed by atoms with Crippen LogP contribution in [0.3, 0.4) is 0 Å². The maximum Gasteiger partial charge on any atom is 0.249 e. The van der Waals surface area contributed by atoms with E-state index in [1.54, 1.807) is 0 Å². The molecule has 0 aliphatic carbocycles. The van der Waals surface area contributed by atoms with Gasteiger partial charge in [-0.1, -0.05) is 25.1 Å². The van der Waals surface area contributed by atoms with E-state index in [2.05, 4.69) is 15.8 Å². The molecule has 0 heterocycles. The fourth-order valence-electron chi connectivity index (χ4n) is 2.31. The highest BCUT2D eigenvalue weighted by molar-refractivity contribution is 6.03. The Hall–Kier alpha value is -3.15. The van der Waals surface area contributed by atoms with Crippen LogP contribution in [0.1, 0.15) is 36.5 Å². The molecule has 0 atom stereocenters. The molecule has 0 fully saturated rings. The number of carbonyl (C=O) groups excluding carboxylic acids is 2. The van der Waals surface area contributed by atoms with E-state index >= 15 is 0 Å². The van der Waals surface area contributed by atoms with Gasteiger partial charge in [0.25, 0.3) is 0 Å². The quantitative estimate of drug-likeness (QED) is 0.425. The Balaban J connectivity index is 1.86. The number of ether oxygens (including phenoxy) is 1. The molecule has 0 bridgehead atoms. The third-order valence-electron chi connectivity index (χ3n) is 3.89. The molecule has 0 unspecified atom stereocenters. The van der Waals surface area contributed by atoms with Gasteiger partial charge in [0.05, 0.1) is 12.8 Å². The Bertz CT molecular complexity index is 831. The summed E-state index contributed by atoms with van der Waals surface area (Å²) in [5, 5.41) is 6.62. The smallest absolute Gasteiger partial charge is 0.249 e.